The van der Waals surface area contributed by atoms with Crippen LogP contribution in [0.4, 0.5) is 0 Å². The number of amides is 1. The third-order valence-electron chi connectivity index (χ3n) is 7.73. The van der Waals surface area contributed by atoms with Crippen LogP contribution in [0.3, 0.4) is 0 Å². The molecule has 2 aliphatic heterocycles. The molecule has 1 amide bonds. The maximum atomic E-state index is 12.4. The van der Waals surface area contributed by atoms with Gasteiger partial charge in [-0.05, 0) is 66.4 Å². The molecule has 3 heterocycles. The molecule has 1 N–H and O–H groups in total. The summed E-state index contributed by atoms with van der Waals surface area (Å²) in [4.78, 5) is 23.4. The number of aromatic nitrogens is 1. The lowest BCUT2D eigenvalue weighted by molar-refractivity contribution is -0.0655. The van der Waals surface area contributed by atoms with Crippen molar-refractivity contribution in [2.75, 3.05) is 40.3 Å². The molecule has 3 atom stereocenters. The first-order valence-corrected chi connectivity index (χ1v) is 12.9. The number of hydrogen-bond donors (Lipinski definition) is 1. The van der Waals surface area contributed by atoms with Crippen molar-refractivity contribution in [1.29, 1.82) is 0 Å². The number of pyridine rings is 1. The van der Waals surface area contributed by atoms with Gasteiger partial charge in [-0.15, -0.1) is 0 Å². The summed E-state index contributed by atoms with van der Waals surface area (Å²) in [6.07, 6.45) is 6.12. The predicted octanol–water partition coefficient (Wildman–Crippen LogP) is 3.88. The molecule has 0 unspecified atom stereocenters. The Labute approximate surface area is 214 Å². The Hall–Kier alpha value is -3.06. The van der Waals surface area contributed by atoms with E-state index in [0.29, 0.717) is 17.5 Å². The Bertz CT molecular complexity index is 1170. The standard InChI is InChI=1S/C30H36N4O2/c1-32(2)30(36)26-9-5-8-25(17-26)23-10-12-24(13-11-23)29-27-20-33(19-22-7-6-14-31-18-22)15-3-4-16-34(27)28(29)21-35/h5-14,17-18,27-29,35H,3-4,15-16,19-21H2,1-2H3/t27-,28-,29-/m1/s1. The summed E-state index contributed by atoms with van der Waals surface area (Å²) in [5.74, 6) is 0.314. The number of aliphatic hydroxyl groups is 1. The van der Waals surface area contributed by atoms with Gasteiger partial charge in [0, 0.05) is 63.1 Å². The average molecular weight is 485 g/mol. The zero-order chi connectivity index (χ0) is 25.1. The van der Waals surface area contributed by atoms with Crippen LogP contribution in [0.1, 0.15) is 40.2 Å². The summed E-state index contributed by atoms with van der Waals surface area (Å²) >= 11 is 0. The van der Waals surface area contributed by atoms with E-state index in [9.17, 15) is 9.90 Å². The molecule has 2 aliphatic rings. The number of carbonyl (C=O) groups excluding carboxylic acids is 1. The number of carbonyl (C=O) groups is 1. The lowest BCUT2D eigenvalue weighted by Gasteiger charge is -2.57. The number of fused-ring (bicyclic) bond motifs is 1. The summed E-state index contributed by atoms with van der Waals surface area (Å²) in [5, 5.41) is 10.3. The van der Waals surface area contributed by atoms with E-state index < -0.39 is 0 Å². The normalized spacial score (nSPS) is 22.7. The zero-order valence-corrected chi connectivity index (χ0v) is 21.3. The Morgan fingerprint density at radius 1 is 1.03 bits per heavy atom. The molecule has 0 spiro atoms. The molecule has 36 heavy (non-hydrogen) atoms. The number of nitrogens with zero attached hydrogens (tertiary/aromatic N) is 4. The number of rotatable bonds is 6. The van der Waals surface area contributed by atoms with Crippen LogP contribution in [0.2, 0.25) is 0 Å². The maximum Gasteiger partial charge on any atom is 0.253 e. The topological polar surface area (TPSA) is 59.9 Å². The van der Waals surface area contributed by atoms with Gasteiger partial charge in [-0.25, -0.2) is 0 Å². The SMILES string of the molecule is CN(C)C(=O)c1cccc(-c2ccc([C@H]3[C@@H](CO)N4CCCCN(Cc5cccnc5)C[C@H]34)cc2)c1. The van der Waals surface area contributed by atoms with Crippen LogP contribution in [0.25, 0.3) is 11.1 Å². The van der Waals surface area contributed by atoms with Crippen LogP contribution in [0, 0.1) is 0 Å². The van der Waals surface area contributed by atoms with Gasteiger partial charge in [0.1, 0.15) is 0 Å². The van der Waals surface area contributed by atoms with Gasteiger partial charge in [0.2, 0.25) is 0 Å². The van der Waals surface area contributed by atoms with Crippen LogP contribution in [-0.2, 0) is 6.54 Å². The third kappa shape index (κ3) is 5.07. The van der Waals surface area contributed by atoms with Crippen molar-refractivity contribution >= 4 is 5.91 Å². The highest BCUT2D eigenvalue weighted by Gasteiger charge is 2.49. The number of aliphatic hydroxyl groups excluding tert-OH is 1. The molecule has 2 saturated heterocycles. The van der Waals surface area contributed by atoms with E-state index in [0.717, 1.165) is 43.7 Å². The van der Waals surface area contributed by atoms with Crippen LogP contribution < -0.4 is 0 Å². The minimum Gasteiger partial charge on any atom is -0.395 e. The van der Waals surface area contributed by atoms with Gasteiger partial charge in [0.05, 0.1) is 6.61 Å². The first-order valence-electron chi connectivity index (χ1n) is 12.9. The van der Waals surface area contributed by atoms with E-state index in [1.54, 1.807) is 19.0 Å². The highest BCUT2D eigenvalue weighted by molar-refractivity contribution is 5.95. The highest BCUT2D eigenvalue weighted by atomic mass is 16.3. The molecule has 0 bridgehead atoms. The van der Waals surface area contributed by atoms with Crippen molar-refractivity contribution in [2.45, 2.75) is 37.4 Å². The molecule has 0 saturated carbocycles. The fourth-order valence-electron chi connectivity index (χ4n) is 5.89. The second-order valence-electron chi connectivity index (χ2n) is 10.3. The molecule has 2 aromatic carbocycles. The molecule has 6 heteroatoms. The molecule has 6 nitrogen and oxygen atoms in total. The molecule has 5 rings (SSSR count). The molecular formula is C30H36N4O2. The molecular weight excluding hydrogens is 448 g/mol. The predicted molar refractivity (Wildman–Crippen MR) is 143 cm³/mol. The van der Waals surface area contributed by atoms with Gasteiger partial charge in [0.25, 0.3) is 5.91 Å². The largest absolute Gasteiger partial charge is 0.395 e. The van der Waals surface area contributed by atoms with Gasteiger partial charge in [-0.3, -0.25) is 19.6 Å². The lowest BCUT2D eigenvalue weighted by atomic mass is 9.74. The highest BCUT2D eigenvalue weighted by Crippen LogP contribution is 2.42. The third-order valence-corrected chi connectivity index (χ3v) is 7.73. The average Bonchev–Trinajstić information content (AvgIpc) is 2.89. The van der Waals surface area contributed by atoms with Gasteiger partial charge in [0.15, 0.2) is 0 Å². The van der Waals surface area contributed by atoms with Crippen molar-refractivity contribution in [1.82, 2.24) is 19.7 Å². The Kier molecular flexibility index (Phi) is 7.46. The fourth-order valence-corrected chi connectivity index (χ4v) is 5.89. The van der Waals surface area contributed by atoms with Gasteiger partial charge in [-0.2, -0.15) is 0 Å². The van der Waals surface area contributed by atoms with E-state index >= 15 is 0 Å². The quantitative estimate of drug-likeness (QED) is 0.576. The van der Waals surface area contributed by atoms with Crippen LogP contribution in [0.15, 0.2) is 73.1 Å². The van der Waals surface area contributed by atoms with Crippen LogP contribution in [0.5, 0.6) is 0 Å². The minimum absolute atomic E-state index is 0.00828. The fraction of sp³-hybridized carbons (Fsp3) is 0.400. The number of benzene rings is 2. The summed E-state index contributed by atoms with van der Waals surface area (Å²) < 4.78 is 0. The first kappa shape index (κ1) is 24.6. The lowest BCUT2D eigenvalue weighted by Crippen LogP contribution is -2.67. The molecule has 188 valence electrons. The first-order chi connectivity index (χ1) is 17.5. The summed E-state index contributed by atoms with van der Waals surface area (Å²) in [6, 6.07) is 21.3. The van der Waals surface area contributed by atoms with Gasteiger partial charge >= 0.3 is 0 Å². The maximum absolute atomic E-state index is 12.4. The second kappa shape index (κ2) is 10.9. The second-order valence-corrected chi connectivity index (χ2v) is 10.3. The van der Waals surface area contributed by atoms with E-state index in [2.05, 4.69) is 45.1 Å². The summed E-state index contributed by atoms with van der Waals surface area (Å²) in [7, 11) is 3.55. The van der Waals surface area contributed by atoms with E-state index in [1.807, 2.05) is 42.7 Å². The monoisotopic (exact) mass is 484 g/mol. The molecule has 1 aromatic heterocycles. The van der Waals surface area contributed by atoms with Crippen LogP contribution in [-0.4, -0.2) is 83.1 Å². The van der Waals surface area contributed by atoms with Crippen molar-refractivity contribution in [3.05, 3.63) is 89.7 Å². The molecule has 0 radical (unpaired) electrons. The number of hydrogen-bond acceptors (Lipinski definition) is 5. The molecule has 3 aromatic rings. The van der Waals surface area contributed by atoms with E-state index in [1.165, 1.54) is 17.5 Å². The Morgan fingerprint density at radius 2 is 1.83 bits per heavy atom. The van der Waals surface area contributed by atoms with Gasteiger partial charge < -0.3 is 10.0 Å². The van der Waals surface area contributed by atoms with Crippen molar-refractivity contribution in [2.24, 2.45) is 0 Å². The molecule has 2 fully saturated rings. The van der Waals surface area contributed by atoms with Crippen LogP contribution >= 0.6 is 0 Å². The smallest absolute Gasteiger partial charge is 0.253 e. The van der Waals surface area contributed by atoms with E-state index in [-0.39, 0.29) is 18.6 Å². The van der Waals surface area contributed by atoms with E-state index in [4.69, 9.17) is 0 Å². The van der Waals surface area contributed by atoms with Gasteiger partial charge in [-0.1, -0.05) is 42.5 Å². The Morgan fingerprint density at radius 3 is 2.56 bits per heavy atom. The van der Waals surface area contributed by atoms with Crippen molar-refractivity contribution in [3.63, 3.8) is 0 Å². The molecule has 0 aliphatic carbocycles. The van der Waals surface area contributed by atoms with Crippen molar-refractivity contribution < 1.29 is 9.90 Å². The summed E-state index contributed by atoms with van der Waals surface area (Å²) in [5.41, 5.74) is 5.36. The Balaban J connectivity index is 1.35. The zero-order valence-electron chi connectivity index (χ0n) is 21.3. The summed E-state index contributed by atoms with van der Waals surface area (Å²) in [6.45, 7) is 4.23. The minimum atomic E-state index is 0.00828. The van der Waals surface area contributed by atoms with Crippen molar-refractivity contribution in [3.8, 4) is 11.1 Å².